The molecular formula is C93H169NO18. The second-order valence-corrected chi connectivity index (χ2v) is 32.7. The maximum absolute atomic E-state index is 13.6. The van der Waals surface area contributed by atoms with Gasteiger partial charge in [-0.1, -0.05) is 382 Å². The van der Waals surface area contributed by atoms with Gasteiger partial charge in [0.2, 0.25) is 5.91 Å². The number of amides is 1. The maximum atomic E-state index is 13.6. The van der Waals surface area contributed by atoms with Crippen molar-refractivity contribution in [3.63, 3.8) is 0 Å². The Bertz CT molecular complexity index is 2300. The van der Waals surface area contributed by atoms with Gasteiger partial charge in [-0.2, -0.15) is 0 Å². The normalized spacial score (nSPS) is 25.2. The smallest absolute Gasteiger partial charge is 0.220 e. The second kappa shape index (κ2) is 72.3. The Labute approximate surface area is 680 Å². The van der Waals surface area contributed by atoms with Crippen LogP contribution in [0.2, 0.25) is 0 Å². The molecule has 12 N–H and O–H groups in total. The Balaban J connectivity index is 1.31. The summed E-state index contributed by atoms with van der Waals surface area (Å²) in [6, 6.07) is -0.891. The summed E-state index contributed by atoms with van der Waals surface area (Å²) in [5.41, 5.74) is 0. The highest BCUT2D eigenvalue weighted by atomic mass is 16.8. The number of carbonyl (C=O) groups excluding carboxylic acids is 1. The fraction of sp³-hybridized carbons (Fsp3) is 0.860. The van der Waals surface area contributed by atoms with E-state index < -0.39 is 124 Å². The van der Waals surface area contributed by atoms with E-state index in [2.05, 4.69) is 92.1 Å². The van der Waals surface area contributed by atoms with Crippen molar-refractivity contribution in [1.29, 1.82) is 0 Å². The van der Waals surface area contributed by atoms with Crippen LogP contribution in [0.15, 0.2) is 72.9 Å². The zero-order valence-corrected chi connectivity index (χ0v) is 70.7. The fourth-order valence-electron chi connectivity index (χ4n) is 15.5. The number of hydrogen-bond donors (Lipinski definition) is 12. The van der Waals surface area contributed by atoms with E-state index in [9.17, 15) is 61.0 Å². The van der Waals surface area contributed by atoms with Gasteiger partial charge in [-0.05, 0) is 64.2 Å². The molecule has 3 heterocycles. The van der Waals surface area contributed by atoms with Gasteiger partial charge in [0.25, 0.3) is 0 Å². The molecule has 19 heteroatoms. The average Bonchev–Trinajstić information content (AvgIpc) is 0.781. The lowest BCUT2D eigenvalue weighted by Gasteiger charge is -2.48. The zero-order chi connectivity index (χ0) is 81.0. The van der Waals surface area contributed by atoms with Crippen LogP contribution in [0, 0.1) is 0 Å². The minimum Gasteiger partial charge on any atom is -0.394 e. The lowest BCUT2D eigenvalue weighted by Crippen LogP contribution is -2.66. The summed E-state index contributed by atoms with van der Waals surface area (Å²) in [5.74, 6) is -0.237. The summed E-state index contributed by atoms with van der Waals surface area (Å²) in [6.45, 7) is 1.75. The minimum absolute atomic E-state index is 0.237. The van der Waals surface area contributed by atoms with E-state index in [-0.39, 0.29) is 18.9 Å². The van der Waals surface area contributed by atoms with Crippen molar-refractivity contribution >= 4 is 5.91 Å². The fourth-order valence-corrected chi connectivity index (χ4v) is 15.5. The Morgan fingerprint density at radius 2 is 0.616 bits per heavy atom. The molecule has 1 amide bonds. The molecule has 0 bridgehead atoms. The first kappa shape index (κ1) is 103. The van der Waals surface area contributed by atoms with Crippen LogP contribution in [-0.4, -0.2) is 193 Å². The molecule has 0 aromatic rings. The molecule has 0 aromatic heterocycles. The van der Waals surface area contributed by atoms with Crippen molar-refractivity contribution in [2.24, 2.45) is 0 Å². The third kappa shape index (κ3) is 50.2. The van der Waals surface area contributed by atoms with Crippen LogP contribution in [0.3, 0.4) is 0 Å². The summed E-state index contributed by atoms with van der Waals surface area (Å²) in [5, 5.41) is 121. The third-order valence-electron chi connectivity index (χ3n) is 22.8. The molecule has 0 saturated carbocycles. The van der Waals surface area contributed by atoms with Crippen LogP contribution in [0.5, 0.6) is 0 Å². The van der Waals surface area contributed by atoms with E-state index in [0.717, 1.165) is 83.5 Å². The van der Waals surface area contributed by atoms with Crippen LogP contribution in [-0.2, 0) is 33.2 Å². The van der Waals surface area contributed by atoms with Gasteiger partial charge in [-0.15, -0.1) is 0 Å². The Hall–Kier alpha value is -2.77. The van der Waals surface area contributed by atoms with Gasteiger partial charge in [-0.3, -0.25) is 4.79 Å². The monoisotopic (exact) mass is 1590 g/mol. The van der Waals surface area contributed by atoms with E-state index in [4.69, 9.17) is 28.4 Å². The standard InChI is InChI=1S/C93H169NO18/c1-3-5-7-9-11-13-15-17-19-21-23-25-27-29-31-33-35-36-37-38-39-40-41-43-45-47-49-51-53-55-57-59-61-63-65-67-69-71-81(99)94-76(77(98)70-68-66-64-62-60-58-56-54-52-50-48-46-44-42-34-32-30-28-26-24-22-20-18-16-14-12-10-8-6-4-2)75-107-91-87(105)84(102)89(79(73-96)109-91)112-93-88(106)85(103)90(80(74-97)110-93)111-92-86(104)83(101)82(100)78(72-95)108-92/h5,7,11,13,17,19,23,25,29,31,35-36,76-80,82-93,95-98,100-106H,3-4,6,8-10,12,14-16,18,20-22,24,26-28,30,32-34,37-75H2,1-2H3,(H,94,99)/b7-5-,13-11-,19-17-,25-23-,31-29-,36-35-. The van der Waals surface area contributed by atoms with Crippen LogP contribution >= 0.6 is 0 Å². The number of rotatable bonds is 75. The summed E-state index contributed by atoms with van der Waals surface area (Å²) >= 11 is 0. The lowest BCUT2D eigenvalue weighted by atomic mass is 9.96. The van der Waals surface area contributed by atoms with E-state index in [1.807, 2.05) is 0 Å². The van der Waals surface area contributed by atoms with Crippen LogP contribution in [0.25, 0.3) is 0 Å². The molecule has 3 rings (SSSR count). The number of ether oxygens (including phenoxy) is 6. The number of unbranched alkanes of at least 4 members (excludes halogenated alkanes) is 47. The molecule has 112 heavy (non-hydrogen) atoms. The molecule has 17 unspecified atom stereocenters. The van der Waals surface area contributed by atoms with Gasteiger partial charge >= 0.3 is 0 Å². The van der Waals surface area contributed by atoms with Crippen molar-refractivity contribution in [2.75, 3.05) is 26.4 Å². The van der Waals surface area contributed by atoms with E-state index >= 15 is 0 Å². The molecule has 3 aliphatic rings. The number of hydrogen-bond acceptors (Lipinski definition) is 18. The average molecular weight is 1590 g/mol. The number of carbonyl (C=O) groups is 1. The first-order valence-corrected chi connectivity index (χ1v) is 46.2. The van der Waals surface area contributed by atoms with E-state index in [0.29, 0.717) is 12.8 Å². The molecule has 654 valence electrons. The molecule has 0 aromatic carbocycles. The number of allylic oxidation sites excluding steroid dienone is 12. The lowest BCUT2D eigenvalue weighted by molar-refractivity contribution is -0.379. The number of aliphatic hydroxyl groups excluding tert-OH is 11. The topological polar surface area (TPSA) is 307 Å². The van der Waals surface area contributed by atoms with Crippen LogP contribution in [0.4, 0.5) is 0 Å². The molecule has 3 saturated heterocycles. The summed E-state index contributed by atoms with van der Waals surface area (Å²) in [7, 11) is 0. The van der Waals surface area contributed by atoms with Gasteiger partial charge < -0.3 is 89.9 Å². The molecule has 0 spiro atoms. The van der Waals surface area contributed by atoms with Crippen molar-refractivity contribution in [3.05, 3.63) is 72.9 Å². The second-order valence-electron chi connectivity index (χ2n) is 32.7. The summed E-state index contributed by atoms with van der Waals surface area (Å²) in [4.78, 5) is 13.6. The first-order chi connectivity index (χ1) is 54.8. The molecular weight excluding hydrogens is 1420 g/mol. The van der Waals surface area contributed by atoms with Crippen molar-refractivity contribution in [3.8, 4) is 0 Å². The zero-order valence-electron chi connectivity index (χ0n) is 70.7. The van der Waals surface area contributed by atoms with Gasteiger partial charge in [0.15, 0.2) is 18.9 Å². The Morgan fingerprint density at radius 3 is 0.964 bits per heavy atom. The maximum Gasteiger partial charge on any atom is 0.220 e. The van der Waals surface area contributed by atoms with E-state index in [1.54, 1.807) is 0 Å². The van der Waals surface area contributed by atoms with Crippen molar-refractivity contribution < 1.29 is 89.4 Å². The molecule has 17 atom stereocenters. The summed E-state index contributed by atoms with van der Waals surface area (Å²) < 4.78 is 34.6. The molecule has 0 radical (unpaired) electrons. The largest absolute Gasteiger partial charge is 0.394 e. The molecule has 3 fully saturated rings. The van der Waals surface area contributed by atoms with E-state index in [1.165, 1.54) is 263 Å². The first-order valence-electron chi connectivity index (χ1n) is 46.2. The highest BCUT2D eigenvalue weighted by molar-refractivity contribution is 5.76. The van der Waals surface area contributed by atoms with Crippen molar-refractivity contribution in [2.45, 2.75) is 484 Å². The quantitative estimate of drug-likeness (QED) is 0.0199. The van der Waals surface area contributed by atoms with Gasteiger partial charge in [0.05, 0.1) is 38.6 Å². The van der Waals surface area contributed by atoms with Crippen LogP contribution in [0.1, 0.15) is 380 Å². The van der Waals surface area contributed by atoms with Gasteiger partial charge in [0.1, 0.15) is 73.2 Å². The predicted octanol–water partition coefficient (Wildman–Crippen LogP) is 17.9. The number of nitrogens with one attached hydrogen (secondary N) is 1. The highest BCUT2D eigenvalue weighted by Crippen LogP contribution is 2.34. The highest BCUT2D eigenvalue weighted by Gasteiger charge is 2.54. The van der Waals surface area contributed by atoms with Crippen molar-refractivity contribution in [1.82, 2.24) is 5.32 Å². The predicted molar refractivity (Wildman–Crippen MR) is 452 cm³/mol. The number of aliphatic hydroxyl groups is 11. The molecule has 19 nitrogen and oxygen atoms in total. The molecule has 3 aliphatic heterocycles. The van der Waals surface area contributed by atoms with Gasteiger partial charge in [0, 0.05) is 6.42 Å². The van der Waals surface area contributed by atoms with Gasteiger partial charge in [-0.25, -0.2) is 0 Å². The minimum atomic E-state index is -1.97. The molecule has 0 aliphatic carbocycles. The SMILES string of the molecule is CC/C=C\C/C=C\C/C=C\C/C=C\C/C=C\C/C=C\CCCCCCCCCCCCCCCCCCCCC(=O)NC(COC1OC(CO)C(OC2OC(CO)C(OC3OC(CO)C(O)C(O)C3O)C(O)C2O)C(O)C1O)C(O)CCCCCCCCCCCCCCCCCCCCCCCCCCCCCCCC. The van der Waals surface area contributed by atoms with Crippen LogP contribution < -0.4 is 5.32 Å². The summed E-state index contributed by atoms with van der Waals surface area (Å²) in [6.07, 6.45) is 70.1. The third-order valence-corrected chi connectivity index (χ3v) is 22.8. The Kier molecular flexibility index (Phi) is 66.7. The Morgan fingerprint density at radius 1 is 0.330 bits per heavy atom.